The van der Waals surface area contributed by atoms with Crippen molar-refractivity contribution < 1.29 is 19.4 Å². The van der Waals surface area contributed by atoms with Crippen LogP contribution < -0.4 is 4.90 Å². The van der Waals surface area contributed by atoms with Crippen LogP contribution in [0.2, 0.25) is 0 Å². The number of esters is 1. The minimum atomic E-state index is -0.707. The van der Waals surface area contributed by atoms with Crippen molar-refractivity contribution in [3.8, 4) is 5.75 Å². The minimum Gasteiger partial charge on any atom is -0.507 e. The summed E-state index contributed by atoms with van der Waals surface area (Å²) in [6, 6.07) is 12.4. The first-order chi connectivity index (χ1) is 11.5. The number of hydrogen-bond acceptors (Lipinski definition) is 4. The number of para-hydroxylation sites is 1. The molecule has 2 aromatic rings. The molecule has 0 aliphatic carbocycles. The largest absolute Gasteiger partial charge is 0.507 e. The van der Waals surface area contributed by atoms with E-state index >= 15 is 0 Å². The second kappa shape index (κ2) is 6.35. The highest BCUT2D eigenvalue weighted by atomic mass is 16.5. The zero-order valence-electron chi connectivity index (χ0n) is 13.7. The number of carbonyl (C=O) groups excluding carboxylic acids is 2. The lowest BCUT2D eigenvalue weighted by Crippen LogP contribution is -2.38. The van der Waals surface area contributed by atoms with E-state index in [4.69, 9.17) is 4.74 Å². The van der Waals surface area contributed by atoms with Crippen LogP contribution in [0.1, 0.15) is 28.4 Å². The molecule has 1 atom stereocenters. The summed E-state index contributed by atoms with van der Waals surface area (Å²) in [6.07, 6.45) is 0.786. The summed E-state index contributed by atoms with van der Waals surface area (Å²) < 4.78 is 5.10. The molecule has 0 aromatic heterocycles. The summed E-state index contributed by atoms with van der Waals surface area (Å²) in [5.41, 5.74) is 2.87. The molecule has 0 saturated heterocycles. The molecular weight excluding hydrogens is 306 g/mol. The highest BCUT2D eigenvalue weighted by Crippen LogP contribution is 2.31. The lowest BCUT2D eigenvalue weighted by Gasteiger charge is -2.22. The van der Waals surface area contributed by atoms with Crippen molar-refractivity contribution in [1.82, 2.24) is 0 Å². The molecule has 5 nitrogen and oxygen atoms in total. The smallest absolute Gasteiger partial charge is 0.342 e. The molecular formula is C19H19NO4. The number of phenols is 1. The molecule has 0 saturated carbocycles. The first-order valence-corrected chi connectivity index (χ1v) is 7.84. The van der Waals surface area contributed by atoms with Gasteiger partial charge in [-0.25, -0.2) is 4.79 Å². The predicted octanol–water partition coefficient (Wildman–Crippen LogP) is 2.84. The summed E-state index contributed by atoms with van der Waals surface area (Å²) in [5, 5.41) is 9.81. The maximum Gasteiger partial charge on any atom is 0.342 e. The number of nitrogens with zero attached hydrogens (tertiary/aromatic N) is 1. The third-order valence-electron chi connectivity index (χ3n) is 4.18. The zero-order chi connectivity index (χ0) is 17.3. The van der Waals surface area contributed by atoms with E-state index in [1.54, 1.807) is 11.0 Å². The Morgan fingerprint density at radius 1 is 1.25 bits per heavy atom. The summed E-state index contributed by atoms with van der Waals surface area (Å²) in [4.78, 5) is 26.2. The Bertz CT molecular complexity index is 800. The van der Waals surface area contributed by atoms with Gasteiger partial charge in [-0.2, -0.15) is 0 Å². The lowest BCUT2D eigenvalue weighted by atomic mass is 10.1. The number of hydrogen-bond donors (Lipinski definition) is 1. The molecule has 1 amide bonds. The monoisotopic (exact) mass is 325 g/mol. The van der Waals surface area contributed by atoms with E-state index in [1.165, 1.54) is 12.1 Å². The van der Waals surface area contributed by atoms with Crippen molar-refractivity contribution in [2.24, 2.45) is 0 Å². The van der Waals surface area contributed by atoms with Gasteiger partial charge in [0.05, 0.1) is 0 Å². The van der Waals surface area contributed by atoms with Gasteiger partial charge in [-0.15, -0.1) is 0 Å². The van der Waals surface area contributed by atoms with Crippen LogP contribution in [0.4, 0.5) is 5.69 Å². The SMILES string of the molecule is Cc1ccc(C(=O)OCC(=O)N2c3ccccc3CC2C)c(O)c1. The fourth-order valence-corrected chi connectivity index (χ4v) is 3.03. The summed E-state index contributed by atoms with van der Waals surface area (Å²) >= 11 is 0. The standard InChI is InChI=1S/C19H19NO4/c1-12-7-8-15(17(21)9-12)19(23)24-11-18(22)20-13(2)10-14-5-3-4-6-16(14)20/h3-9,13,21H,10-11H2,1-2H3. The first kappa shape index (κ1) is 16.1. The van der Waals surface area contributed by atoms with Gasteiger partial charge in [0.25, 0.3) is 5.91 Å². The van der Waals surface area contributed by atoms with Crippen LogP contribution in [0.25, 0.3) is 0 Å². The number of benzene rings is 2. The third kappa shape index (κ3) is 2.97. The fraction of sp³-hybridized carbons (Fsp3) is 0.263. The molecule has 1 unspecified atom stereocenters. The second-order valence-electron chi connectivity index (χ2n) is 6.04. The molecule has 1 N–H and O–H groups in total. The van der Waals surface area contributed by atoms with E-state index in [-0.39, 0.29) is 29.9 Å². The minimum absolute atomic E-state index is 0.0291. The summed E-state index contributed by atoms with van der Waals surface area (Å²) in [6.45, 7) is 3.42. The van der Waals surface area contributed by atoms with Crippen molar-refractivity contribution >= 4 is 17.6 Å². The van der Waals surface area contributed by atoms with Crippen LogP contribution >= 0.6 is 0 Å². The van der Waals surface area contributed by atoms with Gasteiger partial charge in [-0.1, -0.05) is 24.3 Å². The maximum atomic E-state index is 12.5. The molecule has 0 radical (unpaired) electrons. The van der Waals surface area contributed by atoms with E-state index in [1.807, 2.05) is 38.1 Å². The maximum absolute atomic E-state index is 12.5. The fourth-order valence-electron chi connectivity index (χ4n) is 3.03. The highest BCUT2D eigenvalue weighted by Gasteiger charge is 2.31. The Hall–Kier alpha value is -2.82. The third-order valence-corrected chi connectivity index (χ3v) is 4.18. The number of amides is 1. The molecule has 1 aliphatic heterocycles. The van der Waals surface area contributed by atoms with Crippen LogP contribution in [0, 0.1) is 6.92 Å². The van der Waals surface area contributed by atoms with E-state index in [0.29, 0.717) is 0 Å². The molecule has 0 bridgehead atoms. The van der Waals surface area contributed by atoms with Gasteiger partial charge < -0.3 is 14.7 Å². The van der Waals surface area contributed by atoms with Gasteiger partial charge >= 0.3 is 5.97 Å². The molecule has 1 aliphatic rings. The number of aromatic hydroxyl groups is 1. The number of anilines is 1. The summed E-state index contributed by atoms with van der Waals surface area (Å²) in [7, 11) is 0. The highest BCUT2D eigenvalue weighted by molar-refractivity contribution is 5.99. The predicted molar refractivity (Wildman–Crippen MR) is 90.2 cm³/mol. The number of rotatable bonds is 3. The molecule has 0 fully saturated rings. The van der Waals surface area contributed by atoms with Crippen molar-refractivity contribution in [3.63, 3.8) is 0 Å². The van der Waals surface area contributed by atoms with Crippen LogP contribution in [-0.4, -0.2) is 29.6 Å². The second-order valence-corrected chi connectivity index (χ2v) is 6.04. The quantitative estimate of drug-likeness (QED) is 0.881. The van der Waals surface area contributed by atoms with Crippen LogP contribution in [0.15, 0.2) is 42.5 Å². The zero-order valence-corrected chi connectivity index (χ0v) is 13.7. The average Bonchev–Trinajstić information content (AvgIpc) is 2.88. The van der Waals surface area contributed by atoms with Crippen molar-refractivity contribution in [1.29, 1.82) is 0 Å². The number of carbonyl (C=O) groups is 2. The number of fused-ring (bicyclic) bond motifs is 1. The Morgan fingerprint density at radius 2 is 2.00 bits per heavy atom. The van der Waals surface area contributed by atoms with Gasteiger partial charge in [0.1, 0.15) is 11.3 Å². The van der Waals surface area contributed by atoms with Gasteiger partial charge in [0, 0.05) is 11.7 Å². The first-order valence-electron chi connectivity index (χ1n) is 7.84. The molecule has 124 valence electrons. The van der Waals surface area contributed by atoms with Crippen molar-refractivity contribution in [3.05, 3.63) is 59.2 Å². The van der Waals surface area contributed by atoms with Gasteiger partial charge in [0.2, 0.25) is 0 Å². The molecule has 1 heterocycles. The molecule has 5 heteroatoms. The van der Waals surface area contributed by atoms with Gasteiger partial charge in [-0.3, -0.25) is 4.79 Å². The van der Waals surface area contributed by atoms with Crippen molar-refractivity contribution in [2.45, 2.75) is 26.3 Å². The summed E-state index contributed by atoms with van der Waals surface area (Å²) in [5.74, 6) is -1.12. The van der Waals surface area contributed by atoms with Crippen LogP contribution in [0.5, 0.6) is 5.75 Å². The Labute approximate surface area is 140 Å². The van der Waals surface area contributed by atoms with Crippen molar-refractivity contribution in [2.75, 3.05) is 11.5 Å². The number of ether oxygens (including phenoxy) is 1. The Morgan fingerprint density at radius 3 is 2.75 bits per heavy atom. The number of phenolic OH excluding ortho intramolecular Hbond substituents is 1. The van der Waals surface area contributed by atoms with Crippen LogP contribution in [0.3, 0.4) is 0 Å². The average molecular weight is 325 g/mol. The molecule has 2 aromatic carbocycles. The topological polar surface area (TPSA) is 66.8 Å². The number of aryl methyl sites for hydroxylation is 1. The van der Waals surface area contributed by atoms with E-state index in [9.17, 15) is 14.7 Å². The van der Waals surface area contributed by atoms with Crippen LogP contribution in [-0.2, 0) is 16.0 Å². The van der Waals surface area contributed by atoms with E-state index in [0.717, 1.165) is 23.2 Å². The molecule has 0 spiro atoms. The van der Waals surface area contributed by atoms with E-state index in [2.05, 4.69) is 0 Å². The Kier molecular flexibility index (Phi) is 4.25. The Balaban J connectivity index is 1.69. The molecule has 3 rings (SSSR count). The van der Waals surface area contributed by atoms with Gasteiger partial charge in [0.15, 0.2) is 6.61 Å². The normalized spacial score (nSPS) is 15.9. The lowest BCUT2D eigenvalue weighted by molar-refractivity contribution is -0.122. The molecule has 24 heavy (non-hydrogen) atoms. The van der Waals surface area contributed by atoms with Gasteiger partial charge in [-0.05, 0) is 49.6 Å². The van der Waals surface area contributed by atoms with E-state index < -0.39 is 5.97 Å².